The van der Waals surface area contributed by atoms with Crippen LogP contribution in [0.2, 0.25) is 0 Å². The van der Waals surface area contributed by atoms with Gasteiger partial charge in [0.15, 0.2) is 0 Å². The molecule has 0 spiro atoms. The third-order valence-electron chi connectivity index (χ3n) is 3.19. The van der Waals surface area contributed by atoms with Gasteiger partial charge in [-0.25, -0.2) is 4.39 Å². The van der Waals surface area contributed by atoms with Crippen molar-refractivity contribution in [2.24, 2.45) is 5.73 Å². The maximum absolute atomic E-state index is 14.0. The fourth-order valence-corrected chi connectivity index (χ4v) is 2.28. The number of nitrogens with zero attached hydrogens (tertiary/aromatic N) is 1. The molecular weight excluding hydrogens is 231 g/mol. The molecule has 0 radical (unpaired) electrons. The Morgan fingerprint density at radius 2 is 2.33 bits per heavy atom. The van der Waals surface area contributed by atoms with Crippen LogP contribution in [0.1, 0.15) is 26.2 Å². The Morgan fingerprint density at radius 1 is 1.50 bits per heavy atom. The van der Waals surface area contributed by atoms with Crippen LogP contribution in [0.5, 0.6) is 5.75 Å². The van der Waals surface area contributed by atoms with E-state index in [1.165, 1.54) is 6.07 Å². The maximum atomic E-state index is 14.0. The highest BCUT2D eigenvalue weighted by Gasteiger charge is 2.19. The van der Waals surface area contributed by atoms with E-state index in [1.54, 1.807) is 6.07 Å². The SMILES string of the molecule is CCCOc1ccc(N2CCCC(N)C2)c(F)c1. The van der Waals surface area contributed by atoms with Crippen LogP contribution in [-0.4, -0.2) is 25.7 Å². The van der Waals surface area contributed by atoms with E-state index in [-0.39, 0.29) is 11.9 Å². The highest BCUT2D eigenvalue weighted by molar-refractivity contribution is 5.51. The summed E-state index contributed by atoms with van der Waals surface area (Å²) in [5, 5.41) is 0. The Balaban J connectivity index is 2.08. The zero-order valence-electron chi connectivity index (χ0n) is 10.9. The highest BCUT2D eigenvalue weighted by Crippen LogP contribution is 2.26. The first kappa shape index (κ1) is 13.1. The van der Waals surface area contributed by atoms with Crippen molar-refractivity contribution in [3.8, 4) is 5.75 Å². The molecule has 0 saturated carbocycles. The summed E-state index contributed by atoms with van der Waals surface area (Å²) in [4.78, 5) is 2.02. The number of rotatable bonds is 4. The predicted molar refractivity (Wildman–Crippen MR) is 71.6 cm³/mol. The molecule has 18 heavy (non-hydrogen) atoms. The number of nitrogens with two attached hydrogens (primary N) is 1. The minimum absolute atomic E-state index is 0.147. The Kier molecular flexibility index (Phi) is 4.42. The van der Waals surface area contributed by atoms with Crippen molar-refractivity contribution in [3.05, 3.63) is 24.0 Å². The van der Waals surface area contributed by atoms with Crippen LogP contribution >= 0.6 is 0 Å². The first-order valence-corrected chi connectivity index (χ1v) is 6.63. The first-order chi connectivity index (χ1) is 8.70. The zero-order valence-corrected chi connectivity index (χ0v) is 10.9. The quantitative estimate of drug-likeness (QED) is 0.895. The second-order valence-corrected chi connectivity index (χ2v) is 4.81. The molecule has 0 aliphatic carbocycles. The number of anilines is 1. The fraction of sp³-hybridized carbons (Fsp3) is 0.571. The smallest absolute Gasteiger partial charge is 0.150 e. The van der Waals surface area contributed by atoms with Crippen molar-refractivity contribution < 1.29 is 9.13 Å². The van der Waals surface area contributed by atoms with E-state index in [0.717, 1.165) is 32.4 Å². The summed E-state index contributed by atoms with van der Waals surface area (Å²) in [6.45, 7) is 4.25. The van der Waals surface area contributed by atoms with E-state index >= 15 is 0 Å². The van der Waals surface area contributed by atoms with Crippen LogP contribution < -0.4 is 15.4 Å². The molecule has 1 atom stereocenters. The molecule has 0 amide bonds. The zero-order chi connectivity index (χ0) is 13.0. The summed E-state index contributed by atoms with van der Waals surface area (Å²) < 4.78 is 19.4. The standard InChI is InChI=1S/C14H21FN2O/c1-2-8-18-12-5-6-14(13(15)9-12)17-7-3-4-11(16)10-17/h5-6,9,11H,2-4,7-8,10,16H2,1H3. The average Bonchev–Trinajstić information content (AvgIpc) is 2.36. The number of benzene rings is 1. The third-order valence-corrected chi connectivity index (χ3v) is 3.19. The molecule has 1 aromatic carbocycles. The van der Waals surface area contributed by atoms with Crippen molar-refractivity contribution in [3.63, 3.8) is 0 Å². The van der Waals surface area contributed by atoms with Gasteiger partial charge in [0.25, 0.3) is 0 Å². The molecule has 100 valence electrons. The molecule has 1 saturated heterocycles. The van der Waals surface area contributed by atoms with Gasteiger partial charge >= 0.3 is 0 Å². The molecule has 1 heterocycles. The summed E-state index contributed by atoms with van der Waals surface area (Å²) in [5.74, 6) is 0.372. The number of halogens is 1. The summed E-state index contributed by atoms with van der Waals surface area (Å²) >= 11 is 0. The molecule has 1 aliphatic rings. The van der Waals surface area contributed by atoms with Gasteiger partial charge < -0.3 is 15.4 Å². The molecule has 0 aromatic heterocycles. The average molecular weight is 252 g/mol. The molecule has 1 aromatic rings. The Labute approximate surface area is 108 Å². The van der Waals surface area contributed by atoms with Crippen molar-refractivity contribution in [2.45, 2.75) is 32.2 Å². The maximum Gasteiger partial charge on any atom is 0.150 e. The van der Waals surface area contributed by atoms with Crippen molar-refractivity contribution in [1.29, 1.82) is 0 Å². The molecular formula is C14H21FN2O. The minimum Gasteiger partial charge on any atom is -0.493 e. The number of piperidine rings is 1. The molecule has 2 N–H and O–H groups in total. The normalized spacial score (nSPS) is 19.9. The van der Waals surface area contributed by atoms with Gasteiger partial charge in [-0.2, -0.15) is 0 Å². The largest absolute Gasteiger partial charge is 0.493 e. The summed E-state index contributed by atoms with van der Waals surface area (Å²) in [7, 11) is 0. The van der Waals surface area contributed by atoms with E-state index in [2.05, 4.69) is 0 Å². The number of hydrogen-bond donors (Lipinski definition) is 1. The summed E-state index contributed by atoms with van der Waals surface area (Å²) in [5.41, 5.74) is 6.55. The summed E-state index contributed by atoms with van der Waals surface area (Å²) in [6, 6.07) is 5.23. The Bertz CT molecular complexity index is 397. The summed E-state index contributed by atoms with van der Waals surface area (Å²) in [6.07, 6.45) is 2.97. The molecule has 2 rings (SSSR count). The molecule has 4 heteroatoms. The van der Waals surface area contributed by atoms with Crippen LogP contribution in [0.3, 0.4) is 0 Å². The van der Waals surface area contributed by atoms with E-state index in [4.69, 9.17) is 10.5 Å². The van der Waals surface area contributed by atoms with Gasteiger partial charge in [0, 0.05) is 25.2 Å². The lowest BCUT2D eigenvalue weighted by Gasteiger charge is -2.32. The molecule has 0 bridgehead atoms. The van der Waals surface area contributed by atoms with Gasteiger partial charge in [0.2, 0.25) is 0 Å². The van der Waals surface area contributed by atoms with Crippen LogP contribution in [0.15, 0.2) is 18.2 Å². The first-order valence-electron chi connectivity index (χ1n) is 6.63. The lowest BCUT2D eigenvalue weighted by atomic mass is 10.1. The van der Waals surface area contributed by atoms with Crippen LogP contribution in [0, 0.1) is 5.82 Å². The van der Waals surface area contributed by atoms with Crippen molar-refractivity contribution >= 4 is 5.69 Å². The minimum atomic E-state index is -0.224. The molecule has 3 nitrogen and oxygen atoms in total. The van der Waals surface area contributed by atoms with Crippen LogP contribution in [-0.2, 0) is 0 Å². The second kappa shape index (κ2) is 6.05. The van der Waals surface area contributed by atoms with E-state index < -0.39 is 0 Å². The Morgan fingerprint density at radius 3 is 3.00 bits per heavy atom. The monoisotopic (exact) mass is 252 g/mol. The lowest BCUT2D eigenvalue weighted by Crippen LogP contribution is -2.43. The lowest BCUT2D eigenvalue weighted by molar-refractivity contribution is 0.316. The van der Waals surface area contributed by atoms with Crippen LogP contribution in [0.25, 0.3) is 0 Å². The molecule has 1 aliphatic heterocycles. The number of ether oxygens (including phenoxy) is 1. The van der Waals surface area contributed by atoms with Crippen molar-refractivity contribution in [2.75, 3.05) is 24.6 Å². The van der Waals surface area contributed by atoms with E-state index in [0.29, 0.717) is 18.0 Å². The van der Waals surface area contributed by atoms with Gasteiger partial charge in [-0.1, -0.05) is 6.92 Å². The van der Waals surface area contributed by atoms with Gasteiger partial charge in [-0.15, -0.1) is 0 Å². The van der Waals surface area contributed by atoms with Gasteiger partial charge in [0.1, 0.15) is 11.6 Å². The second-order valence-electron chi connectivity index (χ2n) is 4.81. The molecule has 1 unspecified atom stereocenters. The highest BCUT2D eigenvalue weighted by atomic mass is 19.1. The van der Waals surface area contributed by atoms with E-state index in [9.17, 15) is 4.39 Å². The predicted octanol–water partition coefficient (Wildman–Crippen LogP) is 2.54. The van der Waals surface area contributed by atoms with Gasteiger partial charge in [-0.3, -0.25) is 0 Å². The van der Waals surface area contributed by atoms with E-state index in [1.807, 2.05) is 17.9 Å². The molecule has 1 fully saturated rings. The number of hydrogen-bond acceptors (Lipinski definition) is 3. The van der Waals surface area contributed by atoms with Crippen molar-refractivity contribution in [1.82, 2.24) is 0 Å². The van der Waals surface area contributed by atoms with Gasteiger partial charge in [0.05, 0.1) is 12.3 Å². The fourth-order valence-electron chi connectivity index (χ4n) is 2.28. The van der Waals surface area contributed by atoms with Gasteiger partial charge in [-0.05, 0) is 31.4 Å². The topological polar surface area (TPSA) is 38.5 Å². The van der Waals surface area contributed by atoms with Crippen LogP contribution in [0.4, 0.5) is 10.1 Å². The third kappa shape index (κ3) is 3.13. The Hall–Kier alpha value is -1.29.